The highest BCUT2D eigenvalue weighted by atomic mass is 16.3. The molecular formula is C18H35NO. The van der Waals surface area contributed by atoms with Gasteiger partial charge < -0.3 is 10.0 Å². The summed E-state index contributed by atoms with van der Waals surface area (Å²) in [6.45, 7) is 15.4. The molecule has 1 N–H and O–H groups in total. The van der Waals surface area contributed by atoms with Crippen LogP contribution in [-0.2, 0) is 0 Å². The molecule has 20 heavy (non-hydrogen) atoms. The Morgan fingerprint density at radius 2 is 1.70 bits per heavy atom. The highest BCUT2D eigenvalue weighted by Gasteiger charge is 2.36. The molecule has 2 heteroatoms. The number of nitrogens with zero attached hydrogens (tertiary/aromatic N) is 1. The molecule has 1 aliphatic carbocycles. The van der Waals surface area contributed by atoms with Crippen LogP contribution < -0.4 is 0 Å². The molecule has 0 bridgehead atoms. The lowest BCUT2D eigenvalue weighted by atomic mass is 9.70. The molecule has 2 atom stereocenters. The van der Waals surface area contributed by atoms with E-state index < -0.39 is 0 Å². The Morgan fingerprint density at radius 3 is 2.25 bits per heavy atom. The SMILES string of the molecule is CC1(C)CCC(O)C(CN2CCC(C(C)(C)C)CC2)C1. The summed E-state index contributed by atoms with van der Waals surface area (Å²) in [7, 11) is 0. The first-order chi connectivity index (χ1) is 9.17. The molecule has 2 unspecified atom stereocenters. The summed E-state index contributed by atoms with van der Waals surface area (Å²) in [5.41, 5.74) is 0.881. The summed E-state index contributed by atoms with van der Waals surface area (Å²) in [5.74, 6) is 1.36. The smallest absolute Gasteiger partial charge is 0.0581 e. The van der Waals surface area contributed by atoms with Crippen molar-refractivity contribution in [3.8, 4) is 0 Å². The summed E-state index contributed by atoms with van der Waals surface area (Å²) < 4.78 is 0. The second-order valence-corrected chi connectivity index (χ2v) is 9.18. The number of aliphatic hydroxyl groups is 1. The molecule has 1 saturated heterocycles. The summed E-state index contributed by atoms with van der Waals surface area (Å²) >= 11 is 0. The van der Waals surface area contributed by atoms with E-state index in [9.17, 15) is 5.11 Å². The van der Waals surface area contributed by atoms with Crippen LogP contribution in [0, 0.1) is 22.7 Å². The third kappa shape index (κ3) is 4.21. The van der Waals surface area contributed by atoms with Crippen LogP contribution >= 0.6 is 0 Å². The van der Waals surface area contributed by atoms with Gasteiger partial charge in [0.05, 0.1) is 6.10 Å². The average Bonchev–Trinajstić information content (AvgIpc) is 2.33. The van der Waals surface area contributed by atoms with Crippen LogP contribution in [-0.4, -0.2) is 35.7 Å². The molecule has 2 aliphatic rings. The standard InChI is InChI=1S/C18H35NO/c1-17(2,3)15-7-10-19(11-8-15)13-14-12-18(4,5)9-6-16(14)20/h14-16,20H,6-13H2,1-5H3. The number of likely N-dealkylation sites (tertiary alicyclic amines) is 1. The topological polar surface area (TPSA) is 23.5 Å². The van der Waals surface area contributed by atoms with Gasteiger partial charge in [-0.15, -0.1) is 0 Å². The van der Waals surface area contributed by atoms with E-state index >= 15 is 0 Å². The summed E-state index contributed by atoms with van der Waals surface area (Å²) in [5, 5.41) is 10.3. The van der Waals surface area contributed by atoms with Crippen molar-refractivity contribution in [2.45, 2.75) is 72.8 Å². The number of aliphatic hydroxyl groups excluding tert-OH is 1. The first-order valence-electron chi connectivity index (χ1n) is 8.58. The van der Waals surface area contributed by atoms with E-state index in [0.29, 0.717) is 16.7 Å². The van der Waals surface area contributed by atoms with Gasteiger partial charge in [-0.1, -0.05) is 34.6 Å². The van der Waals surface area contributed by atoms with Crippen molar-refractivity contribution in [1.29, 1.82) is 0 Å². The van der Waals surface area contributed by atoms with Crippen LogP contribution in [0.3, 0.4) is 0 Å². The predicted octanol–water partition coefficient (Wildman–Crippen LogP) is 3.93. The Hall–Kier alpha value is -0.0800. The monoisotopic (exact) mass is 281 g/mol. The fourth-order valence-electron chi connectivity index (χ4n) is 4.22. The predicted molar refractivity (Wildman–Crippen MR) is 85.7 cm³/mol. The minimum absolute atomic E-state index is 0.0663. The van der Waals surface area contributed by atoms with Gasteiger partial charge in [-0.2, -0.15) is 0 Å². The second kappa shape index (κ2) is 5.96. The van der Waals surface area contributed by atoms with E-state index in [4.69, 9.17) is 0 Å². The van der Waals surface area contributed by atoms with Crippen molar-refractivity contribution >= 4 is 0 Å². The summed E-state index contributed by atoms with van der Waals surface area (Å²) in [6, 6.07) is 0. The van der Waals surface area contributed by atoms with Crippen LogP contribution in [0.2, 0.25) is 0 Å². The van der Waals surface area contributed by atoms with Gasteiger partial charge in [0.2, 0.25) is 0 Å². The van der Waals surface area contributed by atoms with Crippen LogP contribution in [0.1, 0.15) is 66.7 Å². The van der Waals surface area contributed by atoms with Crippen LogP contribution in [0.4, 0.5) is 0 Å². The fourth-order valence-corrected chi connectivity index (χ4v) is 4.22. The zero-order chi connectivity index (χ0) is 15.0. The zero-order valence-corrected chi connectivity index (χ0v) is 14.3. The number of hydrogen-bond acceptors (Lipinski definition) is 2. The number of hydrogen-bond donors (Lipinski definition) is 1. The van der Waals surface area contributed by atoms with Crippen molar-refractivity contribution in [3.05, 3.63) is 0 Å². The van der Waals surface area contributed by atoms with E-state index in [1.807, 2.05) is 0 Å². The molecule has 2 nitrogen and oxygen atoms in total. The summed E-state index contributed by atoms with van der Waals surface area (Å²) in [4.78, 5) is 2.61. The molecule has 1 saturated carbocycles. The molecule has 1 aliphatic heterocycles. The lowest BCUT2D eigenvalue weighted by Gasteiger charge is -2.43. The first kappa shape index (κ1) is 16.3. The number of rotatable bonds is 2. The first-order valence-corrected chi connectivity index (χ1v) is 8.58. The quantitative estimate of drug-likeness (QED) is 0.829. The largest absolute Gasteiger partial charge is 0.393 e. The van der Waals surface area contributed by atoms with E-state index in [1.165, 1.54) is 38.8 Å². The number of piperidine rings is 1. The van der Waals surface area contributed by atoms with Gasteiger partial charge in [0, 0.05) is 6.54 Å². The Morgan fingerprint density at radius 1 is 1.10 bits per heavy atom. The lowest BCUT2D eigenvalue weighted by Crippen LogP contribution is -2.45. The zero-order valence-electron chi connectivity index (χ0n) is 14.3. The highest BCUT2D eigenvalue weighted by molar-refractivity contribution is 4.88. The maximum Gasteiger partial charge on any atom is 0.0581 e. The molecule has 0 spiro atoms. The van der Waals surface area contributed by atoms with Crippen molar-refractivity contribution in [3.63, 3.8) is 0 Å². The molecule has 0 aromatic heterocycles. The second-order valence-electron chi connectivity index (χ2n) is 9.18. The van der Waals surface area contributed by atoms with Crippen LogP contribution in [0.15, 0.2) is 0 Å². The van der Waals surface area contributed by atoms with Gasteiger partial charge in [0.1, 0.15) is 0 Å². The van der Waals surface area contributed by atoms with Crippen molar-refractivity contribution < 1.29 is 5.11 Å². The fraction of sp³-hybridized carbons (Fsp3) is 1.00. The molecule has 0 aromatic carbocycles. The van der Waals surface area contributed by atoms with Crippen molar-refractivity contribution in [2.75, 3.05) is 19.6 Å². The maximum absolute atomic E-state index is 10.3. The molecular weight excluding hydrogens is 246 g/mol. The van der Waals surface area contributed by atoms with Crippen molar-refractivity contribution in [1.82, 2.24) is 4.90 Å². The van der Waals surface area contributed by atoms with Gasteiger partial charge in [0.15, 0.2) is 0 Å². The van der Waals surface area contributed by atoms with E-state index in [2.05, 4.69) is 39.5 Å². The highest BCUT2D eigenvalue weighted by Crippen LogP contribution is 2.40. The maximum atomic E-state index is 10.3. The van der Waals surface area contributed by atoms with Gasteiger partial charge >= 0.3 is 0 Å². The summed E-state index contributed by atoms with van der Waals surface area (Å²) in [6.07, 6.45) is 5.95. The Balaban J connectivity index is 1.83. The molecule has 2 rings (SSSR count). The third-order valence-corrected chi connectivity index (χ3v) is 5.78. The third-order valence-electron chi connectivity index (χ3n) is 5.78. The van der Waals surface area contributed by atoms with E-state index in [0.717, 1.165) is 18.9 Å². The molecule has 0 aromatic rings. The minimum atomic E-state index is -0.0663. The molecule has 2 fully saturated rings. The van der Waals surface area contributed by atoms with Gasteiger partial charge in [-0.25, -0.2) is 0 Å². The average molecular weight is 281 g/mol. The van der Waals surface area contributed by atoms with Crippen molar-refractivity contribution in [2.24, 2.45) is 22.7 Å². The Kier molecular flexibility index (Phi) is 4.86. The minimum Gasteiger partial charge on any atom is -0.393 e. The van der Waals surface area contributed by atoms with E-state index in [-0.39, 0.29) is 6.10 Å². The normalized spacial score (nSPS) is 33.3. The molecule has 0 amide bonds. The molecule has 118 valence electrons. The van der Waals surface area contributed by atoms with Gasteiger partial charge in [-0.05, 0) is 67.9 Å². The Bertz CT molecular complexity index is 310. The van der Waals surface area contributed by atoms with E-state index in [1.54, 1.807) is 0 Å². The van der Waals surface area contributed by atoms with Gasteiger partial charge in [0.25, 0.3) is 0 Å². The lowest BCUT2D eigenvalue weighted by molar-refractivity contribution is -0.00453. The van der Waals surface area contributed by atoms with Gasteiger partial charge in [-0.3, -0.25) is 0 Å². The van der Waals surface area contributed by atoms with Crippen LogP contribution in [0.5, 0.6) is 0 Å². The molecule has 1 heterocycles. The molecule has 0 radical (unpaired) electrons. The Labute approximate surface area is 125 Å². The van der Waals surface area contributed by atoms with Crippen LogP contribution in [0.25, 0.3) is 0 Å².